The topological polar surface area (TPSA) is 295 Å². The van der Waals surface area contributed by atoms with Crippen molar-refractivity contribution in [2.24, 2.45) is 0 Å². The highest BCUT2D eigenvalue weighted by molar-refractivity contribution is 6.28. The zero-order chi connectivity index (χ0) is 32.0. The van der Waals surface area contributed by atoms with Crippen molar-refractivity contribution in [3.05, 3.63) is 58.6 Å². The lowest BCUT2D eigenvalue weighted by molar-refractivity contribution is -0.261. The molecule has 1 aliphatic carbocycles. The highest BCUT2D eigenvalue weighted by atomic mass is 16.6. The number of hydrogen-bond acceptors (Lipinski definition) is 16. The maximum absolute atomic E-state index is 13.9. The summed E-state index contributed by atoms with van der Waals surface area (Å²) in [7, 11) is 0. The number of rotatable bonds is 6. The highest BCUT2D eigenvalue weighted by Gasteiger charge is 2.65. The van der Waals surface area contributed by atoms with E-state index < -0.39 is 114 Å². The second-order valence-electron chi connectivity index (χ2n) is 10.4. The molecule has 11 atom stereocenters. The van der Waals surface area contributed by atoms with Gasteiger partial charge in [-0.3, -0.25) is 9.59 Å². The molecule has 43 heavy (non-hydrogen) atoms. The maximum atomic E-state index is 13.9. The number of carbonyl (C=O) groups excluding carboxylic acids is 2. The molecular formula is C27H32O16. The molecule has 4 rings (SSSR count). The molecule has 16 heteroatoms. The van der Waals surface area contributed by atoms with Gasteiger partial charge in [0.05, 0.1) is 18.8 Å². The number of carbonyl (C=O) groups is 2. The second-order valence-corrected chi connectivity index (χ2v) is 10.4. The molecule has 2 aliphatic heterocycles. The van der Waals surface area contributed by atoms with Crippen LogP contribution >= 0.6 is 0 Å². The van der Waals surface area contributed by atoms with Gasteiger partial charge in [0.1, 0.15) is 83.9 Å². The van der Waals surface area contributed by atoms with Crippen molar-refractivity contribution in [3.63, 3.8) is 0 Å². The minimum absolute atomic E-state index is 0.0879. The third-order valence-corrected chi connectivity index (χ3v) is 7.72. The summed E-state index contributed by atoms with van der Waals surface area (Å²) in [6, 6.07) is 5.38. The first kappa shape index (κ1) is 32.6. The Morgan fingerprint density at radius 2 is 1.30 bits per heavy atom. The number of ketones is 2. The number of ether oxygens (including phenoxy) is 2. The van der Waals surface area contributed by atoms with Gasteiger partial charge in [0.15, 0.2) is 0 Å². The molecule has 12 N–H and O–H groups in total. The number of aromatic hydroxyl groups is 1. The van der Waals surface area contributed by atoms with Crippen molar-refractivity contribution in [2.45, 2.75) is 66.6 Å². The molecule has 2 fully saturated rings. The number of aliphatic hydroxyl groups is 11. The third-order valence-electron chi connectivity index (χ3n) is 7.72. The Morgan fingerprint density at radius 3 is 1.86 bits per heavy atom. The minimum Gasteiger partial charge on any atom is -0.508 e. The van der Waals surface area contributed by atoms with Crippen LogP contribution in [0.5, 0.6) is 5.75 Å². The molecule has 1 aromatic rings. The Hall–Kier alpha value is -3.26. The van der Waals surface area contributed by atoms with Crippen molar-refractivity contribution in [1.29, 1.82) is 0 Å². The summed E-state index contributed by atoms with van der Waals surface area (Å²) < 4.78 is 10.6. The molecule has 0 bridgehead atoms. The van der Waals surface area contributed by atoms with Crippen LogP contribution in [-0.4, -0.2) is 153 Å². The molecular weight excluding hydrogens is 580 g/mol. The van der Waals surface area contributed by atoms with Crippen LogP contribution in [0.15, 0.2) is 53.0 Å². The molecule has 0 aromatic heterocycles. The van der Waals surface area contributed by atoms with Gasteiger partial charge < -0.3 is 70.8 Å². The van der Waals surface area contributed by atoms with Crippen LogP contribution < -0.4 is 0 Å². The molecule has 3 aliphatic rings. The van der Waals surface area contributed by atoms with Crippen LogP contribution in [0.2, 0.25) is 0 Å². The Balaban J connectivity index is 1.92. The van der Waals surface area contributed by atoms with Crippen molar-refractivity contribution in [1.82, 2.24) is 0 Å². The van der Waals surface area contributed by atoms with Crippen molar-refractivity contribution >= 4 is 17.6 Å². The summed E-state index contributed by atoms with van der Waals surface area (Å²) >= 11 is 0. The third kappa shape index (κ3) is 5.47. The first-order chi connectivity index (χ1) is 20.2. The molecule has 0 radical (unpaired) electrons. The molecule has 0 amide bonds. The molecule has 11 unspecified atom stereocenters. The van der Waals surface area contributed by atoms with Crippen LogP contribution in [0, 0.1) is 0 Å². The van der Waals surface area contributed by atoms with E-state index in [1.165, 1.54) is 30.3 Å². The van der Waals surface area contributed by atoms with E-state index in [0.29, 0.717) is 5.56 Å². The summed E-state index contributed by atoms with van der Waals surface area (Å²) in [6.45, 7) is -1.99. The predicted octanol–water partition coefficient (Wildman–Crippen LogP) is -4.40. The van der Waals surface area contributed by atoms with Crippen molar-refractivity contribution < 1.29 is 80.3 Å². The van der Waals surface area contributed by atoms with E-state index in [9.17, 15) is 70.9 Å². The fraction of sp³-hybridized carbons (Fsp3) is 0.481. The fourth-order valence-electron chi connectivity index (χ4n) is 5.24. The van der Waals surface area contributed by atoms with Crippen molar-refractivity contribution in [3.8, 4) is 5.75 Å². The minimum atomic E-state index is -3.63. The van der Waals surface area contributed by atoms with Crippen molar-refractivity contribution in [2.75, 3.05) is 13.2 Å². The second kappa shape index (κ2) is 12.4. The van der Waals surface area contributed by atoms with E-state index in [-0.39, 0.29) is 5.75 Å². The summed E-state index contributed by atoms with van der Waals surface area (Å²) in [4.78, 5) is 27.6. The van der Waals surface area contributed by atoms with E-state index in [0.717, 1.165) is 6.08 Å². The number of aliphatic hydroxyl groups excluding tert-OH is 10. The van der Waals surface area contributed by atoms with Gasteiger partial charge in [0.25, 0.3) is 0 Å². The Kier molecular flexibility index (Phi) is 9.41. The largest absolute Gasteiger partial charge is 0.508 e. The van der Waals surface area contributed by atoms with Gasteiger partial charge >= 0.3 is 0 Å². The molecule has 16 nitrogen and oxygen atoms in total. The highest BCUT2D eigenvalue weighted by Crippen LogP contribution is 2.42. The number of Topliss-reactive ketones (excluding diaryl/α,β-unsaturated/α-hetero) is 2. The van der Waals surface area contributed by atoms with E-state index in [2.05, 4.69) is 0 Å². The lowest BCUT2D eigenvalue weighted by atomic mass is 9.69. The van der Waals surface area contributed by atoms with Gasteiger partial charge in [-0.05, 0) is 23.8 Å². The maximum Gasteiger partial charge on any atom is 0.219 e. The number of phenols is 1. The van der Waals surface area contributed by atoms with Gasteiger partial charge in [-0.15, -0.1) is 0 Å². The first-order valence-electron chi connectivity index (χ1n) is 13.0. The van der Waals surface area contributed by atoms with Crippen LogP contribution in [0.1, 0.15) is 5.56 Å². The molecule has 0 spiro atoms. The standard InChI is InChI=1S/C27H32O16/c28-7-12-16(32)19(35)21(37)23(42-12)15-18(34)14(11(31)6-3-9-1-4-10(30)5-2-9)24(39)27(41,25(15)40)26-22(38)20(36)17(33)13(8-29)43-26/h1-6,12-13,16-17,19-23,26,28-38,41H,7-8H2/b6-3+,14-11-. The zero-order valence-corrected chi connectivity index (χ0v) is 22.2. The van der Waals surface area contributed by atoms with Gasteiger partial charge in [-0.2, -0.15) is 0 Å². The monoisotopic (exact) mass is 612 g/mol. The Labute approximate surface area is 242 Å². The predicted molar refractivity (Wildman–Crippen MR) is 139 cm³/mol. The molecule has 2 heterocycles. The molecule has 0 saturated carbocycles. The average Bonchev–Trinajstić information content (AvgIpc) is 2.98. The van der Waals surface area contributed by atoms with Gasteiger partial charge in [-0.1, -0.05) is 18.2 Å². The summed E-state index contributed by atoms with van der Waals surface area (Å²) in [5.74, 6) is -6.12. The smallest absolute Gasteiger partial charge is 0.219 e. The van der Waals surface area contributed by atoms with Crippen LogP contribution in [-0.2, 0) is 19.1 Å². The number of benzene rings is 1. The normalized spacial score (nSPS) is 40.3. The summed E-state index contributed by atoms with van der Waals surface area (Å²) in [6.07, 6.45) is -18.7. The number of allylic oxidation sites excluding steroid dienone is 2. The van der Waals surface area contributed by atoms with E-state index >= 15 is 0 Å². The quantitative estimate of drug-likeness (QED) is 0.0820. The number of hydrogen-bond donors (Lipinski definition) is 12. The molecule has 1 aromatic carbocycles. The van der Waals surface area contributed by atoms with E-state index in [1.54, 1.807) is 0 Å². The SMILES string of the molecule is O=C1C(C2OC(CO)C(O)C(O)C2O)=C(O)/C(=C(O)\C=C\c2ccc(O)cc2)C(=O)C1(O)C1OC(CO)C(O)C(O)C1O. The van der Waals surface area contributed by atoms with E-state index in [1.807, 2.05) is 0 Å². The first-order valence-corrected chi connectivity index (χ1v) is 13.0. The Morgan fingerprint density at radius 1 is 0.767 bits per heavy atom. The zero-order valence-electron chi connectivity index (χ0n) is 22.2. The van der Waals surface area contributed by atoms with Crippen LogP contribution in [0.25, 0.3) is 6.08 Å². The van der Waals surface area contributed by atoms with Gasteiger partial charge in [0.2, 0.25) is 17.2 Å². The average molecular weight is 613 g/mol. The summed E-state index contributed by atoms with van der Waals surface area (Å²) in [5, 5.41) is 125. The van der Waals surface area contributed by atoms with Crippen LogP contribution in [0.4, 0.5) is 0 Å². The number of phenolic OH excluding ortho intramolecular Hbond substituents is 1. The molecule has 236 valence electrons. The Bertz CT molecular complexity index is 1320. The van der Waals surface area contributed by atoms with Gasteiger partial charge in [0, 0.05) is 0 Å². The summed E-state index contributed by atoms with van der Waals surface area (Å²) in [5.41, 5.74) is -5.62. The fourth-order valence-corrected chi connectivity index (χ4v) is 5.24. The lowest BCUT2D eigenvalue weighted by Crippen LogP contribution is -2.72. The van der Waals surface area contributed by atoms with Crippen LogP contribution in [0.3, 0.4) is 0 Å². The molecule has 2 saturated heterocycles. The lowest BCUT2D eigenvalue weighted by Gasteiger charge is -2.48. The van der Waals surface area contributed by atoms with E-state index in [4.69, 9.17) is 9.47 Å². The van der Waals surface area contributed by atoms with Gasteiger partial charge in [-0.25, -0.2) is 0 Å².